The lowest BCUT2D eigenvalue weighted by Gasteiger charge is -2.17. The predicted octanol–water partition coefficient (Wildman–Crippen LogP) is 1.77. The average molecular weight is 283 g/mol. The lowest BCUT2D eigenvalue weighted by Crippen LogP contribution is -2.09. The van der Waals surface area contributed by atoms with Crippen molar-refractivity contribution in [2.75, 3.05) is 38.4 Å². The van der Waals surface area contributed by atoms with Crippen LogP contribution in [0.15, 0.2) is 6.07 Å². The van der Waals surface area contributed by atoms with Crippen LogP contribution < -0.4 is 20.5 Å². The Hall–Kier alpha value is -1.04. The Morgan fingerprint density at radius 2 is 1.94 bits per heavy atom. The van der Waals surface area contributed by atoms with Crippen LogP contribution in [0.3, 0.4) is 0 Å². The van der Waals surface area contributed by atoms with Crippen molar-refractivity contribution in [2.45, 2.75) is 0 Å². The number of nitrogen functional groups attached to an aromatic ring is 1. The number of ether oxygens (including phenoxy) is 2. The second-order valence-electron chi connectivity index (χ2n) is 3.04. The summed E-state index contributed by atoms with van der Waals surface area (Å²) < 4.78 is 10.3. The van der Waals surface area contributed by atoms with Gasteiger partial charge in [0.15, 0.2) is 11.5 Å². The van der Waals surface area contributed by atoms with Crippen molar-refractivity contribution < 1.29 is 14.6 Å². The summed E-state index contributed by atoms with van der Waals surface area (Å²) in [4.78, 5) is 0. The van der Waals surface area contributed by atoms with E-state index in [0.717, 1.165) is 0 Å². The van der Waals surface area contributed by atoms with Crippen molar-refractivity contribution in [3.63, 3.8) is 0 Å². The number of nitrogens with one attached hydrogen (secondary N) is 1. The normalized spacial score (nSPS) is 9.41. The predicted molar refractivity (Wildman–Crippen MR) is 71.8 cm³/mol. The van der Waals surface area contributed by atoms with Gasteiger partial charge < -0.3 is 25.6 Å². The van der Waals surface area contributed by atoms with Crippen LogP contribution >= 0.6 is 24.0 Å². The molecule has 4 N–H and O–H groups in total. The smallest absolute Gasteiger partial charge is 0.168 e. The van der Waals surface area contributed by atoms with Crippen LogP contribution in [0.4, 0.5) is 11.4 Å². The molecule has 5 nitrogen and oxygen atoms in total. The van der Waals surface area contributed by atoms with Gasteiger partial charge in [0.1, 0.15) is 5.69 Å². The van der Waals surface area contributed by atoms with Gasteiger partial charge in [-0.1, -0.05) is 11.6 Å². The first-order valence-electron chi connectivity index (χ1n) is 4.70. The SMILES string of the molecule is COc1c(N)cc(Cl)c(OC)c1NCCO.Cl. The molecule has 0 aliphatic carbocycles. The Morgan fingerprint density at radius 1 is 1.35 bits per heavy atom. The fourth-order valence-electron chi connectivity index (χ4n) is 1.40. The van der Waals surface area contributed by atoms with E-state index < -0.39 is 0 Å². The molecule has 98 valence electrons. The number of aliphatic hydroxyl groups excluding tert-OH is 1. The standard InChI is InChI=1S/C10H15ClN2O3.ClH/c1-15-9-6(11)5-7(12)10(16-2)8(9)13-3-4-14;/h5,13-14H,3-4,12H2,1-2H3;1H. The summed E-state index contributed by atoms with van der Waals surface area (Å²) in [6.07, 6.45) is 0. The van der Waals surface area contributed by atoms with Crippen molar-refractivity contribution >= 4 is 35.4 Å². The van der Waals surface area contributed by atoms with Crippen molar-refractivity contribution in [2.24, 2.45) is 0 Å². The van der Waals surface area contributed by atoms with Crippen molar-refractivity contribution in [1.82, 2.24) is 0 Å². The maximum atomic E-state index is 8.78. The quantitative estimate of drug-likeness (QED) is 0.718. The molecule has 0 unspecified atom stereocenters. The van der Waals surface area contributed by atoms with E-state index in [1.807, 2.05) is 0 Å². The maximum absolute atomic E-state index is 8.78. The van der Waals surface area contributed by atoms with Gasteiger partial charge in [-0.15, -0.1) is 12.4 Å². The number of aliphatic hydroxyl groups is 1. The van der Waals surface area contributed by atoms with E-state index in [2.05, 4.69) is 5.32 Å². The molecule has 0 fully saturated rings. The van der Waals surface area contributed by atoms with Gasteiger partial charge in [0.25, 0.3) is 0 Å². The zero-order valence-electron chi connectivity index (χ0n) is 9.62. The molecule has 0 amide bonds. The lowest BCUT2D eigenvalue weighted by molar-refractivity contribution is 0.310. The highest BCUT2D eigenvalue weighted by Crippen LogP contribution is 2.44. The fraction of sp³-hybridized carbons (Fsp3) is 0.400. The zero-order valence-corrected chi connectivity index (χ0v) is 11.2. The molecular weight excluding hydrogens is 267 g/mol. The highest BCUT2D eigenvalue weighted by Gasteiger charge is 2.17. The van der Waals surface area contributed by atoms with Gasteiger partial charge in [-0.25, -0.2) is 0 Å². The Morgan fingerprint density at radius 3 is 2.41 bits per heavy atom. The molecule has 1 rings (SSSR count). The lowest BCUT2D eigenvalue weighted by atomic mass is 10.2. The fourth-order valence-corrected chi connectivity index (χ4v) is 1.68. The minimum absolute atomic E-state index is 0. The van der Waals surface area contributed by atoms with Gasteiger partial charge in [-0.2, -0.15) is 0 Å². The minimum Gasteiger partial charge on any atom is -0.493 e. The highest BCUT2D eigenvalue weighted by atomic mass is 35.5. The molecule has 0 heterocycles. The summed E-state index contributed by atoms with van der Waals surface area (Å²) in [5.41, 5.74) is 6.72. The Balaban J connectivity index is 0.00000256. The van der Waals surface area contributed by atoms with Gasteiger partial charge in [-0.3, -0.25) is 0 Å². The molecular formula is C10H16Cl2N2O3. The van der Waals surface area contributed by atoms with E-state index in [-0.39, 0.29) is 19.0 Å². The first-order chi connectivity index (χ1) is 7.65. The van der Waals surface area contributed by atoms with Gasteiger partial charge in [-0.05, 0) is 6.07 Å². The first kappa shape index (κ1) is 16.0. The molecule has 0 saturated carbocycles. The largest absolute Gasteiger partial charge is 0.493 e. The van der Waals surface area contributed by atoms with Crippen molar-refractivity contribution in [3.8, 4) is 11.5 Å². The van der Waals surface area contributed by atoms with Crippen LogP contribution in [-0.4, -0.2) is 32.5 Å². The third-order valence-electron chi connectivity index (χ3n) is 2.04. The van der Waals surface area contributed by atoms with Crippen LogP contribution in [0.5, 0.6) is 11.5 Å². The van der Waals surface area contributed by atoms with Crippen LogP contribution in [0.1, 0.15) is 0 Å². The summed E-state index contributed by atoms with van der Waals surface area (Å²) >= 11 is 5.98. The summed E-state index contributed by atoms with van der Waals surface area (Å²) in [5, 5.41) is 12.1. The minimum atomic E-state index is -0.0152. The molecule has 0 bridgehead atoms. The van der Waals surface area contributed by atoms with E-state index in [0.29, 0.717) is 34.4 Å². The van der Waals surface area contributed by atoms with Gasteiger partial charge in [0, 0.05) is 6.54 Å². The number of halogens is 2. The third-order valence-corrected chi connectivity index (χ3v) is 2.32. The number of benzene rings is 1. The van der Waals surface area contributed by atoms with E-state index in [1.54, 1.807) is 6.07 Å². The molecule has 0 aliphatic heterocycles. The third kappa shape index (κ3) is 3.46. The molecule has 1 aromatic carbocycles. The van der Waals surface area contributed by atoms with Crippen LogP contribution in [0.2, 0.25) is 5.02 Å². The molecule has 17 heavy (non-hydrogen) atoms. The maximum Gasteiger partial charge on any atom is 0.168 e. The monoisotopic (exact) mass is 282 g/mol. The highest BCUT2D eigenvalue weighted by molar-refractivity contribution is 6.33. The molecule has 0 atom stereocenters. The van der Waals surface area contributed by atoms with Crippen LogP contribution in [-0.2, 0) is 0 Å². The average Bonchev–Trinajstić information content (AvgIpc) is 2.26. The molecule has 7 heteroatoms. The van der Waals surface area contributed by atoms with Gasteiger partial charge in [0.05, 0.1) is 31.5 Å². The van der Waals surface area contributed by atoms with E-state index >= 15 is 0 Å². The Bertz CT molecular complexity index is 347. The first-order valence-corrected chi connectivity index (χ1v) is 5.08. The topological polar surface area (TPSA) is 76.7 Å². The zero-order chi connectivity index (χ0) is 12.1. The van der Waals surface area contributed by atoms with E-state index in [9.17, 15) is 0 Å². The molecule has 1 aromatic rings. The number of hydrogen-bond acceptors (Lipinski definition) is 5. The number of nitrogens with two attached hydrogens (primary N) is 1. The number of hydrogen-bond donors (Lipinski definition) is 3. The molecule has 0 spiro atoms. The number of rotatable bonds is 5. The molecule has 0 saturated heterocycles. The molecule has 0 aliphatic rings. The second kappa shape index (κ2) is 7.32. The number of anilines is 2. The summed E-state index contributed by atoms with van der Waals surface area (Å²) in [6.45, 7) is 0.339. The number of methoxy groups -OCH3 is 2. The van der Waals surface area contributed by atoms with Crippen LogP contribution in [0, 0.1) is 0 Å². The molecule has 0 aromatic heterocycles. The van der Waals surface area contributed by atoms with Crippen molar-refractivity contribution in [1.29, 1.82) is 0 Å². The second-order valence-corrected chi connectivity index (χ2v) is 3.45. The van der Waals surface area contributed by atoms with Crippen molar-refractivity contribution in [3.05, 3.63) is 11.1 Å². The Labute approximate surface area is 111 Å². The van der Waals surface area contributed by atoms with E-state index in [4.69, 9.17) is 31.9 Å². The van der Waals surface area contributed by atoms with Gasteiger partial charge in [0.2, 0.25) is 0 Å². The Kier molecular flexibility index (Phi) is 6.87. The molecule has 0 radical (unpaired) electrons. The van der Waals surface area contributed by atoms with Gasteiger partial charge >= 0.3 is 0 Å². The summed E-state index contributed by atoms with van der Waals surface area (Å²) in [7, 11) is 3.00. The summed E-state index contributed by atoms with van der Waals surface area (Å²) in [6, 6.07) is 1.56. The van der Waals surface area contributed by atoms with E-state index in [1.165, 1.54) is 14.2 Å². The summed E-state index contributed by atoms with van der Waals surface area (Å²) in [5.74, 6) is 0.899. The van der Waals surface area contributed by atoms with Crippen LogP contribution in [0.25, 0.3) is 0 Å².